The largest absolute Gasteiger partial charge is 0.496 e. The number of hydrogen-bond acceptors (Lipinski definition) is 3. The predicted molar refractivity (Wildman–Crippen MR) is 80.7 cm³/mol. The number of hydrogen-bond donors (Lipinski definition) is 0. The van der Waals surface area contributed by atoms with Gasteiger partial charge in [-0.3, -0.25) is 4.85 Å². The number of nitrogens with zero attached hydrogens (tertiary/aromatic N) is 1. The van der Waals surface area contributed by atoms with Crippen LogP contribution in [0.2, 0.25) is 0 Å². The summed E-state index contributed by atoms with van der Waals surface area (Å²) in [5.74, 6) is 0.397. The zero-order valence-corrected chi connectivity index (χ0v) is 12.6. The molecule has 5 heteroatoms. The minimum Gasteiger partial charge on any atom is -0.496 e. The third kappa shape index (κ3) is 2.91. The molecule has 0 aliphatic heterocycles. The molecule has 0 radical (unpaired) electrons. The Bertz CT molecular complexity index is 774. The molecule has 0 aliphatic carbocycles. The van der Waals surface area contributed by atoms with Crippen molar-refractivity contribution >= 4 is 9.84 Å². The van der Waals surface area contributed by atoms with Gasteiger partial charge in [0.2, 0.25) is 0 Å². The van der Waals surface area contributed by atoms with E-state index < -0.39 is 15.2 Å². The lowest BCUT2D eigenvalue weighted by atomic mass is 10.2. The number of benzene rings is 2. The van der Waals surface area contributed by atoms with E-state index in [1.807, 2.05) is 6.92 Å². The molecule has 0 unspecified atom stereocenters. The van der Waals surface area contributed by atoms with Crippen LogP contribution in [0.3, 0.4) is 0 Å². The summed E-state index contributed by atoms with van der Waals surface area (Å²) in [5.41, 5.74) is 1.32. The van der Waals surface area contributed by atoms with E-state index in [1.54, 1.807) is 36.4 Å². The van der Waals surface area contributed by atoms with E-state index >= 15 is 0 Å². The van der Waals surface area contributed by atoms with Gasteiger partial charge in [0.05, 0.1) is 17.6 Å². The maximum Gasteiger partial charge on any atom is 0.353 e. The second-order valence-electron chi connectivity index (χ2n) is 4.58. The normalized spacial score (nSPS) is 12.4. The highest BCUT2D eigenvalue weighted by Gasteiger charge is 2.36. The fourth-order valence-corrected chi connectivity index (χ4v) is 3.47. The van der Waals surface area contributed by atoms with Crippen LogP contribution < -0.4 is 4.74 Å². The second-order valence-corrected chi connectivity index (χ2v) is 6.59. The molecule has 0 saturated heterocycles. The van der Waals surface area contributed by atoms with Crippen LogP contribution in [0.5, 0.6) is 5.75 Å². The lowest BCUT2D eigenvalue weighted by Crippen LogP contribution is -2.11. The Hall–Kier alpha value is -2.32. The maximum absolute atomic E-state index is 12.7. The highest BCUT2D eigenvalue weighted by Crippen LogP contribution is 2.35. The van der Waals surface area contributed by atoms with Gasteiger partial charge in [0.1, 0.15) is 5.75 Å². The van der Waals surface area contributed by atoms with E-state index in [1.165, 1.54) is 19.2 Å². The Labute approximate surface area is 124 Å². The van der Waals surface area contributed by atoms with Gasteiger partial charge in [0, 0.05) is 0 Å². The Morgan fingerprint density at radius 2 is 1.71 bits per heavy atom. The molecule has 0 amide bonds. The third-order valence-electron chi connectivity index (χ3n) is 3.17. The average molecular weight is 301 g/mol. The molecule has 2 aromatic carbocycles. The summed E-state index contributed by atoms with van der Waals surface area (Å²) in [4.78, 5) is 3.46. The molecule has 1 atom stereocenters. The first-order valence-corrected chi connectivity index (χ1v) is 7.85. The molecule has 0 aromatic heterocycles. The first kappa shape index (κ1) is 15.1. The standard InChI is InChI=1S/C16H15NO3S/c1-12-8-10-13(11-9-12)21(18,19)16(17-2)14-6-4-5-7-15(14)20-3/h4-11,16H,1,3H3/t16-/m1/s1. The molecule has 108 valence electrons. The molecule has 4 nitrogen and oxygen atoms in total. The summed E-state index contributed by atoms with van der Waals surface area (Å²) in [6, 6.07) is 13.2. The van der Waals surface area contributed by atoms with Crippen LogP contribution in [0.4, 0.5) is 0 Å². The van der Waals surface area contributed by atoms with Gasteiger partial charge in [-0.05, 0) is 31.2 Å². The Balaban J connectivity index is 2.55. The van der Waals surface area contributed by atoms with Crippen LogP contribution in [0.25, 0.3) is 4.85 Å². The zero-order valence-electron chi connectivity index (χ0n) is 11.8. The molecular formula is C16H15NO3S. The third-order valence-corrected chi connectivity index (χ3v) is 5.04. The van der Waals surface area contributed by atoms with Crippen LogP contribution >= 0.6 is 0 Å². The number of aryl methyl sites for hydroxylation is 1. The fraction of sp³-hybridized carbons (Fsp3) is 0.188. The number of para-hydroxylation sites is 1. The molecule has 0 N–H and O–H groups in total. The molecule has 0 saturated carbocycles. The van der Waals surface area contributed by atoms with Crippen molar-refractivity contribution in [3.8, 4) is 5.75 Å². The quantitative estimate of drug-likeness (QED) is 0.813. The SMILES string of the molecule is [C-]#[N+][C@@H](c1ccccc1OC)S(=O)(=O)c1ccc(C)cc1. The summed E-state index contributed by atoms with van der Waals surface area (Å²) in [7, 11) is -2.33. The fourth-order valence-electron chi connectivity index (χ4n) is 2.03. The Morgan fingerprint density at radius 3 is 2.29 bits per heavy atom. The van der Waals surface area contributed by atoms with Crippen molar-refractivity contribution in [1.82, 2.24) is 0 Å². The van der Waals surface area contributed by atoms with Gasteiger partial charge >= 0.3 is 5.37 Å². The number of methoxy groups -OCH3 is 1. The van der Waals surface area contributed by atoms with Crippen molar-refractivity contribution in [2.75, 3.05) is 7.11 Å². The summed E-state index contributed by atoms with van der Waals surface area (Å²) in [5, 5.41) is -1.31. The average Bonchev–Trinajstić information content (AvgIpc) is 2.48. The smallest absolute Gasteiger partial charge is 0.353 e. The molecule has 21 heavy (non-hydrogen) atoms. The molecule has 2 aromatic rings. The molecule has 0 aliphatic rings. The molecular weight excluding hydrogens is 286 g/mol. The van der Waals surface area contributed by atoms with Crippen molar-refractivity contribution in [1.29, 1.82) is 0 Å². The second kappa shape index (κ2) is 5.98. The van der Waals surface area contributed by atoms with E-state index in [4.69, 9.17) is 11.3 Å². The van der Waals surface area contributed by atoms with Crippen LogP contribution in [-0.4, -0.2) is 15.5 Å². The number of ether oxygens (including phenoxy) is 1. The van der Waals surface area contributed by atoms with Gasteiger partial charge in [-0.25, -0.2) is 15.0 Å². The Morgan fingerprint density at radius 1 is 1.10 bits per heavy atom. The van der Waals surface area contributed by atoms with Gasteiger partial charge in [-0.2, -0.15) is 0 Å². The molecule has 0 fully saturated rings. The van der Waals surface area contributed by atoms with Crippen LogP contribution in [-0.2, 0) is 9.84 Å². The predicted octanol–water partition coefficient (Wildman–Crippen LogP) is 3.40. The van der Waals surface area contributed by atoms with Crippen molar-refractivity contribution in [3.63, 3.8) is 0 Å². The van der Waals surface area contributed by atoms with Crippen molar-refractivity contribution in [2.45, 2.75) is 17.2 Å². The number of sulfone groups is 1. The number of rotatable bonds is 4. The van der Waals surface area contributed by atoms with E-state index in [-0.39, 0.29) is 4.90 Å². The zero-order chi connectivity index (χ0) is 15.5. The summed E-state index contributed by atoms with van der Waals surface area (Å²) in [6.07, 6.45) is 0. The van der Waals surface area contributed by atoms with Gasteiger partial charge in [-0.15, -0.1) is 0 Å². The lowest BCUT2D eigenvalue weighted by molar-refractivity contribution is 0.410. The first-order valence-electron chi connectivity index (χ1n) is 6.30. The van der Waals surface area contributed by atoms with Crippen LogP contribution in [0.15, 0.2) is 53.4 Å². The van der Waals surface area contributed by atoms with Gasteiger partial charge in [-0.1, -0.05) is 29.8 Å². The summed E-state index contributed by atoms with van der Waals surface area (Å²) in [6.45, 7) is 9.18. The van der Waals surface area contributed by atoms with E-state index in [0.717, 1.165) is 5.56 Å². The molecule has 2 rings (SSSR count). The van der Waals surface area contributed by atoms with Gasteiger partial charge < -0.3 is 4.74 Å². The van der Waals surface area contributed by atoms with Crippen LogP contribution in [0, 0.1) is 13.5 Å². The Kier molecular flexibility index (Phi) is 4.29. The summed E-state index contributed by atoms with van der Waals surface area (Å²) < 4.78 is 30.5. The molecule has 0 bridgehead atoms. The summed E-state index contributed by atoms with van der Waals surface area (Å²) >= 11 is 0. The van der Waals surface area contributed by atoms with Crippen LogP contribution in [0.1, 0.15) is 16.5 Å². The topological polar surface area (TPSA) is 47.7 Å². The highest BCUT2D eigenvalue weighted by molar-refractivity contribution is 7.91. The van der Waals surface area contributed by atoms with Gasteiger partial charge in [0.25, 0.3) is 9.84 Å². The van der Waals surface area contributed by atoms with Gasteiger partial charge in [0.15, 0.2) is 0 Å². The first-order chi connectivity index (χ1) is 10.0. The maximum atomic E-state index is 12.7. The molecule has 0 heterocycles. The lowest BCUT2D eigenvalue weighted by Gasteiger charge is -2.11. The van der Waals surface area contributed by atoms with E-state index in [2.05, 4.69) is 4.85 Å². The van der Waals surface area contributed by atoms with Crippen molar-refractivity contribution in [3.05, 3.63) is 71.1 Å². The van der Waals surface area contributed by atoms with Crippen molar-refractivity contribution < 1.29 is 13.2 Å². The highest BCUT2D eigenvalue weighted by atomic mass is 32.2. The monoisotopic (exact) mass is 301 g/mol. The minimum absolute atomic E-state index is 0.139. The van der Waals surface area contributed by atoms with E-state index in [0.29, 0.717) is 11.3 Å². The van der Waals surface area contributed by atoms with Crippen molar-refractivity contribution in [2.24, 2.45) is 0 Å². The molecule has 0 spiro atoms. The van der Waals surface area contributed by atoms with E-state index in [9.17, 15) is 8.42 Å². The minimum atomic E-state index is -3.79.